The summed E-state index contributed by atoms with van der Waals surface area (Å²) in [6, 6.07) is 0. The molecule has 0 radical (unpaired) electrons. The Morgan fingerprint density at radius 1 is 1.15 bits per heavy atom. The number of carbonyl (C=O) groups is 2. The van der Waals surface area contributed by atoms with E-state index >= 15 is 0 Å². The van der Waals surface area contributed by atoms with E-state index in [0.717, 1.165) is 38.5 Å². The summed E-state index contributed by atoms with van der Waals surface area (Å²) in [6.45, 7) is 2.85. The van der Waals surface area contributed by atoms with E-state index in [0.29, 0.717) is 25.9 Å². The van der Waals surface area contributed by atoms with E-state index < -0.39 is 16.9 Å². The largest absolute Gasteiger partial charge is 0.481 e. The van der Waals surface area contributed by atoms with Crippen molar-refractivity contribution < 1.29 is 14.7 Å². The highest BCUT2D eigenvalue weighted by Gasteiger charge is 2.46. The van der Waals surface area contributed by atoms with Gasteiger partial charge in [-0.15, -0.1) is 0 Å². The van der Waals surface area contributed by atoms with Crippen molar-refractivity contribution in [2.75, 3.05) is 13.1 Å². The maximum absolute atomic E-state index is 12.7. The first-order chi connectivity index (χ1) is 9.43. The number of nitrogens with zero attached hydrogens (tertiary/aromatic N) is 1. The lowest BCUT2D eigenvalue weighted by molar-refractivity contribution is -0.156. The number of nitrogens with two attached hydrogens (primary N) is 1. The van der Waals surface area contributed by atoms with E-state index in [1.54, 1.807) is 4.90 Å². The Hall–Kier alpha value is -1.10. The number of amides is 1. The summed E-state index contributed by atoms with van der Waals surface area (Å²) in [5, 5.41) is 9.49. The molecular weight excluding hydrogens is 256 g/mol. The second kappa shape index (κ2) is 5.72. The van der Waals surface area contributed by atoms with Crippen molar-refractivity contribution in [2.45, 2.75) is 63.8 Å². The number of rotatable bonds is 3. The van der Waals surface area contributed by atoms with Gasteiger partial charge in [-0.05, 0) is 32.1 Å². The maximum atomic E-state index is 12.7. The van der Waals surface area contributed by atoms with Crippen LogP contribution in [0, 0.1) is 5.41 Å². The number of likely N-dealkylation sites (tertiary alicyclic amines) is 1. The first kappa shape index (κ1) is 15.3. The van der Waals surface area contributed by atoms with Gasteiger partial charge < -0.3 is 15.7 Å². The molecule has 5 nitrogen and oxygen atoms in total. The van der Waals surface area contributed by atoms with Crippen molar-refractivity contribution in [3.05, 3.63) is 0 Å². The molecule has 2 aliphatic rings. The zero-order chi connectivity index (χ0) is 14.8. The predicted octanol–water partition coefficient (Wildman–Crippen LogP) is 1.75. The number of piperidine rings is 1. The fourth-order valence-electron chi connectivity index (χ4n) is 3.63. The molecule has 114 valence electrons. The minimum Gasteiger partial charge on any atom is -0.481 e. The lowest BCUT2D eigenvalue weighted by Crippen LogP contribution is -2.60. The molecule has 1 aliphatic heterocycles. The number of aliphatic carboxylic acids is 1. The molecule has 1 heterocycles. The van der Waals surface area contributed by atoms with Crippen LogP contribution >= 0.6 is 0 Å². The first-order valence-corrected chi connectivity index (χ1v) is 7.75. The average Bonchev–Trinajstić information content (AvgIpc) is 2.47. The van der Waals surface area contributed by atoms with Crippen molar-refractivity contribution in [1.82, 2.24) is 4.90 Å². The molecule has 3 N–H and O–H groups in total. The van der Waals surface area contributed by atoms with E-state index in [-0.39, 0.29) is 5.91 Å². The van der Waals surface area contributed by atoms with Gasteiger partial charge in [-0.25, -0.2) is 0 Å². The first-order valence-electron chi connectivity index (χ1n) is 7.75. The van der Waals surface area contributed by atoms with Gasteiger partial charge in [-0.1, -0.05) is 26.2 Å². The second-order valence-electron chi connectivity index (χ2n) is 6.49. The van der Waals surface area contributed by atoms with Crippen molar-refractivity contribution in [3.8, 4) is 0 Å². The molecule has 0 aromatic rings. The van der Waals surface area contributed by atoms with E-state index in [1.165, 1.54) is 0 Å². The molecule has 0 aromatic carbocycles. The monoisotopic (exact) mass is 282 g/mol. The van der Waals surface area contributed by atoms with E-state index in [1.807, 2.05) is 6.92 Å². The fraction of sp³-hybridized carbons (Fsp3) is 0.867. The van der Waals surface area contributed by atoms with Crippen LogP contribution in [0.4, 0.5) is 0 Å². The fourth-order valence-corrected chi connectivity index (χ4v) is 3.63. The van der Waals surface area contributed by atoms with E-state index in [9.17, 15) is 14.7 Å². The van der Waals surface area contributed by atoms with Gasteiger partial charge in [0.2, 0.25) is 5.91 Å². The summed E-state index contributed by atoms with van der Waals surface area (Å²) in [4.78, 5) is 26.0. The van der Waals surface area contributed by atoms with Gasteiger partial charge in [0, 0.05) is 13.1 Å². The van der Waals surface area contributed by atoms with Crippen LogP contribution in [0.5, 0.6) is 0 Å². The van der Waals surface area contributed by atoms with Crippen molar-refractivity contribution in [2.24, 2.45) is 11.1 Å². The minimum absolute atomic E-state index is 0.0315. The van der Waals surface area contributed by atoms with Gasteiger partial charge in [-0.3, -0.25) is 9.59 Å². The zero-order valence-corrected chi connectivity index (χ0v) is 12.4. The molecule has 1 amide bonds. The van der Waals surface area contributed by atoms with Crippen LogP contribution in [0.1, 0.15) is 58.3 Å². The highest BCUT2D eigenvalue weighted by molar-refractivity contribution is 5.87. The average molecular weight is 282 g/mol. The Bertz CT molecular complexity index is 391. The van der Waals surface area contributed by atoms with Crippen molar-refractivity contribution in [1.29, 1.82) is 0 Å². The third-order valence-electron chi connectivity index (χ3n) is 5.17. The third-order valence-corrected chi connectivity index (χ3v) is 5.17. The predicted molar refractivity (Wildman–Crippen MR) is 76.2 cm³/mol. The number of hydrogen-bond donors (Lipinski definition) is 2. The van der Waals surface area contributed by atoms with Crippen LogP contribution in [0.2, 0.25) is 0 Å². The summed E-state index contributed by atoms with van der Waals surface area (Å²) >= 11 is 0. The highest BCUT2D eigenvalue weighted by Crippen LogP contribution is 2.36. The minimum atomic E-state index is -0.785. The van der Waals surface area contributed by atoms with Crippen molar-refractivity contribution >= 4 is 11.9 Å². The van der Waals surface area contributed by atoms with Gasteiger partial charge in [0.15, 0.2) is 0 Å². The molecule has 2 rings (SSSR count). The quantitative estimate of drug-likeness (QED) is 0.826. The summed E-state index contributed by atoms with van der Waals surface area (Å²) in [5.74, 6) is -0.816. The summed E-state index contributed by atoms with van der Waals surface area (Å²) in [6.07, 6.45) is 6.55. The highest BCUT2D eigenvalue weighted by atomic mass is 16.4. The molecule has 20 heavy (non-hydrogen) atoms. The molecule has 1 atom stereocenters. The normalized spacial score (nSPS) is 30.0. The van der Waals surface area contributed by atoms with Gasteiger partial charge in [0.1, 0.15) is 0 Å². The Morgan fingerprint density at radius 2 is 1.80 bits per heavy atom. The van der Waals surface area contributed by atoms with Gasteiger partial charge in [0.25, 0.3) is 0 Å². The number of carboxylic acids is 1. The zero-order valence-electron chi connectivity index (χ0n) is 12.4. The molecule has 1 unspecified atom stereocenters. The lowest BCUT2D eigenvalue weighted by Gasteiger charge is -2.43. The van der Waals surface area contributed by atoms with Gasteiger partial charge >= 0.3 is 5.97 Å². The Morgan fingerprint density at radius 3 is 2.35 bits per heavy atom. The molecule has 0 aromatic heterocycles. The smallest absolute Gasteiger partial charge is 0.311 e. The van der Waals surface area contributed by atoms with Gasteiger partial charge in [0.05, 0.1) is 11.0 Å². The molecule has 1 saturated heterocycles. The molecular formula is C15H26N2O3. The van der Waals surface area contributed by atoms with Crippen molar-refractivity contribution in [3.63, 3.8) is 0 Å². The second-order valence-corrected chi connectivity index (χ2v) is 6.49. The molecule has 0 spiro atoms. The van der Waals surface area contributed by atoms with Crippen LogP contribution in [0.15, 0.2) is 0 Å². The number of hydrogen-bond acceptors (Lipinski definition) is 3. The molecule has 1 saturated carbocycles. The summed E-state index contributed by atoms with van der Waals surface area (Å²) < 4.78 is 0. The topological polar surface area (TPSA) is 83.6 Å². The SMILES string of the molecule is CCC1(C(=O)O)CCCN(C(=O)C2(N)CCCCC2)C1. The maximum Gasteiger partial charge on any atom is 0.311 e. The molecule has 1 aliphatic carbocycles. The molecule has 2 fully saturated rings. The number of carbonyl (C=O) groups excluding carboxylic acids is 1. The Kier molecular flexibility index (Phi) is 4.37. The lowest BCUT2D eigenvalue weighted by atomic mass is 9.76. The number of carboxylic acid groups (broad SMARTS) is 1. The Labute approximate surface area is 120 Å². The summed E-state index contributed by atoms with van der Waals surface area (Å²) in [5.41, 5.74) is 4.77. The molecule has 5 heteroatoms. The standard InChI is InChI=1S/C15H26N2O3/c1-2-14(13(19)20)7-6-10-17(11-14)12(18)15(16)8-4-3-5-9-15/h2-11,16H2,1H3,(H,19,20). The third kappa shape index (κ3) is 2.68. The molecule has 0 bridgehead atoms. The van der Waals surface area contributed by atoms with E-state index in [2.05, 4.69) is 0 Å². The van der Waals surface area contributed by atoms with Crippen LogP contribution in [-0.2, 0) is 9.59 Å². The Balaban J connectivity index is 2.12. The van der Waals surface area contributed by atoms with Crippen LogP contribution in [0.25, 0.3) is 0 Å². The summed E-state index contributed by atoms with van der Waals surface area (Å²) in [7, 11) is 0. The van der Waals surface area contributed by atoms with Gasteiger partial charge in [-0.2, -0.15) is 0 Å². The van der Waals surface area contributed by atoms with Crippen LogP contribution in [0.3, 0.4) is 0 Å². The van der Waals surface area contributed by atoms with Crippen LogP contribution in [-0.4, -0.2) is 40.5 Å². The van der Waals surface area contributed by atoms with Crippen LogP contribution < -0.4 is 5.73 Å². The van der Waals surface area contributed by atoms with E-state index in [4.69, 9.17) is 5.73 Å².